The highest BCUT2D eigenvalue weighted by molar-refractivity contribution is 5.77. The van der Waals surface area contributed by atoms with Crippen molar-refractivity contribution in [1.29, 1.82) is 0 Å². The Bertz CT molecular complexity index is 644. The van der Waals surface area contributed by atoms with Crippen LogP contribution < -0.4 is 4.74 Å². The third kappa shape index (κ3) is 4.85. The lowest BCUT2D eigenvalue weighted by Gasteiger charge is -2.23. The Balaban J connectivity index is 1.97. The number of hydrogen-bond donors (Lipinski definition) is 0. The van der Waals surface area contributed by atoms with Crippen molar-refractivity contribution in [3.8, 4) is 5.75 Å². The van der Waals surface area contributed by atoms with E-state index in [1.807, 2.05) is 54.6 Å². The molecule has 2 rings (SSSR count). The molecule has 0 spiro atoms. The molecule has 0 radical (unpaired) electrons. The molecule has 0 fully saturated rings. The van der Waals surface area contributed by atoms with Crippen molar-refractivity contribution in [2.24, 2.45) is 0 Å². The molecule has 3 heteroatoms. The van der Waals surface area contributed by atoms with Crippen LogP contribution in [0.25, 0.3) is 0 Å². The average molecular weight is 311 g/mol. The fraction of sp³-hybridized carbons (Fsp3) is 0.350. The summed E-state index contributed by atoms with van der Waals surface area (Å²) in [6.45, 7) is 7.05. The van der Waals surface area contributed by atoms with Crippen molar-refractivity contribution in [3.05, 3.63) is 65.7 Å². The van der Waals surface area contributed by atoms with Crippen LogP contribution in [0.15, 0.2) is 54.6 Å². The topological polar surface area (TPSA) is 29.5 Å². The fourth-order valence-corrected chi connectivity index (χ4v) is 2.41. The summed E-state index contributed by atoms with van der Waals surface area (Å²) in [7, 11) is 1.80. The van der Waals surface area contributed by atoms with Gasteiger partial charge in [-0.05, 0) is 22.6 Å². The van der Waals surface area contributed by atoms with Gasteiger partial charge in [0.05, 0.1) is 0 Å². The zero-order chi connectivity index (χ0) is 16.9. The van der Waals surface area contributed by atoms with Gasteiger partial charge in [-0.3, -0.25) is 4.79 Å². The second-order valence-electron chi connectivity index (χ2n) is 6.77. The number of hydrogen-bond acceptors (Lipinski definition) is 2. The number of rotatable bonds is 5. The van der Waals surface area contributed by atoms with Crippen molar-refractivity contribution in [2.45, 2.75) is 32.7 Å². The first-order valence-electron chi connectivity index (χ1n) is 7.88. The quantitative estimate of drug-likeness (QED) is 0.834. The molecule has 0 saturated heterocycles. The van der Waals surface area contributed by atoms with Gasteiger partial charge in [0.25, 0.3) is 5.91 Å². The van der Waals surface area contributed by atoms with Crippen LogP contribution >= 0.6 is 0 Å². The molecule has 0 N–H and O–H groups in total. The molecule has 1 amide bonds. The number of carbonyl (C=O) groups excluding carboxylic acids is 1. The van der Waals surface area contributed by atoms with E-state index in [2.05, 4.69) is 20.8 Å². The van der Waals surface area contributed by atoms with E-state index in [9.17, 15) is 4.79 Å². The van der Waals surface area contributed by atoms with Crippen LogP contribution in [0.2, 0.25) is 0 Å². The van der Waals surface area contributed by atoms with Gasteiger partial charge < -0.3 is 9.64 Å². The Morgan fingerprint density at radius 3 is 2.26 bits per heavy atom. The highest BCUT2D eigenvalue weighted by atomic mass is 16.5. The zero-order valence-electron chi connectivity index (χ0n) is 14.4. The summed E-state index contributed by atoms with van der Waals surface area (Å²) < 4.78 is 5.79. The van der Waals surface area contributed by atoms with Crippen molar-refractivity contribution in [3.63, 3.8) is 0 Å². The smallest absolute Gasteiger partial charge is 0.260 e. The largest absolute Gasteiger partial charge is 0.483 e. The summed E-state index contributed by atoms with van der Waals surface area (Å²) in [4.78, 5) is 14.0. The highest BCUT2D eigenvalue weighted by Gasteiger charge is 2.19. The van der Waals surface area contributed by atoms with Crippen LogP contribution in [0.5, 0.6) is 5.75 Å². The van der Waals surface area contributed by atoms with Gasteiger partial charge in [-0.1, -0.05) is 69.3 Å². The van der Waals surface area contributed by atoms with Gasteiger partial charge in [0.1, 0.15) is 5.75 Å². The van der Waals surface area contributed by atoms with Gasteiger partial charge in [-0.2, -0.15) is 0 Å². The van der Waals surface area contributed by atoms with Crippen LogP contribution in [0.4, 0.5) is 0 Å². The molecule has 0 heterocycles. The number of amides is 1. The molecular formula is C20H25NO2. The first kappa shape index (κ1) is 17.1. The number of carbonyl (C=O) groups is 1. The van der Waals surface area contributed by atoms with E-state index >= 15 is 0 Å². The summed E-state index contributed by atoms with van der Waals surface area (Å²) in [5.41, 5.74) is 2.20. The summed E-state index contributed by atoms with van der Waals surface area (Å²) in [5, 5.41) is 0. The van der Waals surface area contributed by atoms with Crippen molar-refractivity contribution in [1.82, 2.24) is 4.90 Å². The summed E-state index contributed by atoms with van der Waals surface area (Å²) in [6.07, 6.45) is 0. The normalized spacial score (nSPS) is 11.1. The number of nitrogens with zero attached hydrogens (tertiary/aromatic N) is 1. The van der Waals surface area contributed by atoms with E-state index in [-0.39, 0.29) is 17.9 Å². The molecule has 0 aliphatic carbocycles. The number of para-hydroxylation sites is 1. The molecule has 0 aliphatic rings. The zero-order valence-corrected chi connectivity index (χ0v) is 14.4. The SMILES string of the molecule is CN(Cc1ccccc1)C(=O)COc1ccccc1C(C)(C)C. The Kier molecular flexibility index (Phi) is 5.43. The third-order valence-electron chi connectivity index (χ3n) is 3.73. The number of benzene rings is 2. The van der Waals surface area contributed by atoms with Gasteiger partial charge in [0, 0.05) is 13.6 Å². The van der Waals surface area contributed by atoms with Crippen molar-refractivity contribution < 1.29 is 9.53 Å². The van der Waals surface area contributed by atoms with Crippen LogP contribution in [0.1, 0.15) is 31.9 Å². The predicted octanol–water partition coefficient (Wildman–Crippen LogP) is 4.02. The van der Waals surface area contributed by atoms with E-state index in [1.54, 1.807) is 11.9 Å². The fourth-order valence-electron chi connectivity index (χ4n) is 2.41. The Morgan fingerprint density at radius 1 is 1.00 bits per heavy atom. The lowest BCUT2D eigenvalue weighted by molar-refractivity contribution is -0.132. The van der Waals surface area contributed by atoms with Crippen LogP contribution in [0, 0.1) is 0 Å². The molecule has 0 aromatic heterocycles. The molecule has 0 unspecified atom stereocenters. The Hall–Kier alpha value is -2.29. The van der Waals surface area contributed by atoms with E-state index in [4.69, 9.17) is 4.74 Å². The van der Waals surface area contributed by atoms with E-state index in [0.29, 0.717) is 6.54 Å². The lowest BCUT2D eigenvalue weighted by Crippen LogP contribution is -2.31. The molecular weight excluding hydrogens is 286 g/mol. The standard InChI is InChI=1S/C20H25NO2/c1-20(2,3)17-12-8-9-13-18(17)23-15-19(22)21(4)14-16-10-6-5-7-11-16/h5-13H,14-15H2,1-4H3. The monoisotopic (exact) mass is 311 g/mol. The van der Waals surface area contributed by atoms with Crippen molar-refractivity contribution in [2.75, 3.05) is 13.7 Å². The lowest BCUT2D eigenvalue weighted by atomic mass is 9.86. The molecule has 0 saturated carbocycles. The Morgan fingerprint density at radius 2 is 1.61 bits per heavy atom. The second-order valence-corrected chi connectivity index (χ2v) is 6.77. The Labute approximate surface area is 138 Å². The summed E-state index contributed by atoms with van der Waals surface area (Å²) in [5.74, 6) is 0.749. The number of likely N-dealkylation sites (N-methyl/N-ethyl adjacent to an activating group) is 1. The highest BCUT2D eigenvalue weighted by Crippen LogP contribution is 2.30. The van der Waals surface area contributed by atoms with Crippen molar-refractivity contribution >= 4 is 5.91 Å². The predicted molar refractivity (Wildman–Crippen MR) is 93.6 cm³/mol. The van der Waals surface area contributed by atoms with Crippen LogP contribution in [-0.2, 0) is 16.8 Å². The van der Waals surface area contributed by atoms with E-state index in [0.717, 1.165) is 16.9 Å². The molecule has 0 aliphatic heterocycles. The third-order valence-corrected chi connectivity index (χ3v) is 3.73. The van der Waals surface area contributed by atoms with Gasteiger partial charge >= 0.3 is 0 Å². The summed E-state index contributed by atoms with van der Waals surface area (Å²) in [6, 6.07) is 17.8. The molecule has 2 aromatic carbocycles. The van der Waals surface area contributed by atoms with Gasteiger partial charge in [0.2, 0.25) is 0 Å². The average Bonchev–Trinajstić information content (AvgIpc) is 2.53. The molecule has 0 atom stereocenters. The van der Waals surface area contributed by atoms with Gasteiger partial charge in [-0.25, -0.2) is 0 Å². The minimum atomic E-state index is -0.0300. The van der Waals surface area contributed by atoms with Crippen LogP contribution in [-0.4, -0.2) is 24.5 Å². The molecule has 2 aromatic rings. The minimum Gasteiger partial charge on any atom is -0.483 e. The van der Waals surface area contributed by atoms with E-state index in [1.165, 1.54) is 0 Å². The first-order chi connectivity index (χ1) is 10.9. The maximum absolute atomic E-state index is 12.3. The molecule has 0 bridgehead atoms. The summed E-state index contributed by atoms with van der Waals surface area (Å²) >= 11 is 0. The maximum atomic E-state index is 12.3. The molecule has 122 valence electrons. The maximum Gasteiger partial charge on any atom is 0.260 e. The van der Waals surface area contributed by atoms with Gasteiger partial charge in [0.15, 0.2) is 6.61 Å². The minimum absolute atomic E-state index is 0.0183. The molecule has 3 nitrogen and oxygen atoms in total. The van der Waals surface area contributed by atoms with E-state index < -0.39 is 0 Å². The molecule has 23 heavy (non-hydrogen) atoms. The van der Waals surface area contributed by atoms with Gasteiger partial charge in [-0.15, -0.1) is 0 Å². The second kappa shape index (κ2) is 7.32. The van der Waals surface area contributed by atoms with Crippen LogP contribution in [0.3, 0.4) is 0 Å². The first-order valence-corrected chi connectivity index (χ1v) is 7.88. The number of ether oxygens (including phenoxy) is 1.